The number of hydrogen-bond acceptors (Lipinski definition) is 2. The summed E-state index contributed by atoms with van der Waals surface area (Å²) in [6.45, 7) is 2.97. The number of benzene rings is 2. The fraction of sp³-hybridized carbons (Fsp3) is 0.316. The first-order chi connectivity index (χ1) is 10.3. The van der Waals surface area contributed by atoms with Gasteiger partial charge in [-0.2, -0.15) is 5.26 Å². The normalized spacial score (nSPS) is 10.1. The van der Waals surface area contributed by atoms with E-state index in [-0.39, 0.29) is 0 Å². The van der Waals surface area contributed by atoms with Gasteiger partial charge in [0.25, 0.3) is 0 Å². The molecule has 0 heterocycles. The van der Waals surface area contributed by atoms with Crippen molar-refractivity contribution < 1.29 is 4.74 Å². The summed E-state index contributed by atoms with van der Waals surface area (Å²) in [5, 5.41) is 8.87. The van der Waals surface area contributed by atoms with Gasteiger partial charge in [0.05, 0.1) is 18.2 Å². The number of hydrogen-bond donors (Lipinski definition) is 0. The van der Waals surface area contributed by atoms with Crippen LogP contribution in [0.2, 0.25) is 0 Å². The van der Waals surface area contributed by atoms with Crippen molar-refractivity contribution in [2.24, 2.45) is 0 Å². The van der Waals surface area contributed by atoms with Crippen LogP contribution in [0.5, 0.6) is 5.75 Å². The van der Waals surface area contributed by atoms with E-state index in [0.717, 1.165) is 29.9 Å². The van der Waals surface area contributed by atoms with E-state index in [0.29, 0.717) is 5.56 Å². The first-order valence-electron chi connectivity index (χ1n) is 7.57. The highest BCUT2D eigenvalue weighted by Gasteiger charge is 2.05. The minimum absolute atomic E-state index is 0.678. The van der Waals surface area contributed by atoms with Crippen molar-refractivity contribution in [1.29, 1.82) is 5.26 Å². The lowest BCUT2D eigenvalue weighted by Crippen LogP contribution is -1.98. The van der Waals surface area contributed by atoms with Gasteiger partial charge in [-0.25, -0.2) is 0 Å². The molecule has 2 heteroatoms. The number of unbranched alkanes of at least 4 members (excludes halogenated alkanes) is 3. The molecule has 2 aromatic carbocycles. The van der Waals surface area contributed by atoms with Crippen LogP contribution < -0.4 is 4.74 Å². The topological polar surface area (TPSA) is 33.0 Å². The highest BCUT2D eigenvalue weighted by atomic mass is 16.5. The summed E-state index contributed by atoms with van der Waals surface area (Å²) in [6.07, 6.45) is 4.81. The van der Waals surface area contributed by atoms with E-state index < -0.39 is 0 Å². The lowest BCUT2D eigenvalue weighted by molar-refractivity contribution is 0.306. The molecule has 21 heavy (non-hydrogen) atoms. The van der Waals surface area contributed by atoms with E-state index in [9.17, 15) is 0 Å². The summed E-state index contributed by atoms with van der Waals surface area (Å²) in [5.41, 5.74) is 2.84. The second-order valence-electron chi connectivity index (χ2n) is 5.09. The number of nitrogens with zero attached hydrogens (tertiary/aromatic N) is 1. The maximum Gasteiger partial charge on any atom is 0.127 e. The van der Waals surface area contributed by atoms with E-state index in [1.54, 1.807) is 0 Å². The van der Waals surface area contributed by atoms with Gasteiger partial charge in [0.15, 0.2) is 0 Å². The zero-order valence-electron chi connectivity index (χ0n) is 12.5. The van der Waals surface area contributed by atoms with E-state index in [1.807, 2.05) is 42.5 Å². The zero-order valence-corrected chi connectivity index (χ0v) is 12.5. The van der Waals surface area contributed by atoms with Gasteiger partial charge in [0.1, 0.15) is 5.75 Å². The number of para-hydroxylation sites is 1. The summed E-state index contributed by atoms with van der Waals surface area (Å²) in [6, 6.07) is 17.8. The van der Waals surface area contributed by atoms with Gasteiger partial charge < -0.3 is 4.74 Å². The fourth-order valence-corrected chi connectivity index (χ4v) is 2.27. The molecule has 0 spiro atoms. The van der Waals surface area contributed by atoms with Gasteiger partial charge in [-0.15, -0.1) is 0 Å². The van der Waals surface area contributed by atoms with Crippen LogP contribution in [0.3, 0.4) is 0 Å². The molecule has 0 N–H and O–H groups in total. The number of rotatable bonds is 7. The minimum atomic E-state index is 0.678. The molecule has 0 fully saturated rings. The van der Waals surface area contributed by atoms with Gasteiger partial charge in [-0.1, -0.05) is 56.5 Å². The molecule has 0 bridgehead atoms. The number of ether oxygens (including phenoxy) is 1. The Kier molecular flexibility index (Phi) is 5.84. The van der Waals surface area contributed by atoms with Crippen LogP contribution in [-0.2, 0) is 0 Å². The van der Waals surface area contributed by atoms with Crippen molar-refractivity contribution >= 4 is 0 Å². The average molecular weight is 279 g/mol. The quantitative estimate of drug-likeness (QED) is 0.654. The molecule has 2 nitrogen and oxygen atoms in total. The monoisotopic (exact) mass is 279 g/mol. The molecule has 0 aromatic heterocycles. The summed E-state index contributed by atoms with van der Waals surface area (Å²) in [7, 11) is 0. The highest BCUT2D eigenvalue weighted by molar-refractivity contribution is 5.70. The molecular weight excluding hydrogens is 258 g/mol. The molecule has 0 aliphatic carbocycles. The molecule has 0 aliphatic heterocycles. The van der Waals surface area contributed by atoms with Crippen LogP contribution >= 0.6 is 0 Å². The predicted molar refractivity (Wildman–Crippen MR) is 86.2 cm³/mol. The second-order valence-corrected chi connectivity index (χ2v) is 5.09. The first kappa shape index (κ1) is 15.1. The molecule has 2 rings (SSSR count). The van der Waals surface area contributed by atoms with E-state index in [2.05, 4.69) is 19.1 Å². The van der Waals surface area contributed by atoms with Crippen molar-refractivity contribution in [3.8, 4) is 22.9 Å². The Labute approximate surface area is 127 Å². The third-order valence-corrected chi connectivity index (χ3v) is 3.47. The Morgan fingerprint density at radius 1 is 0.952 bits per heavy atom. The minimum Gasteiger partial charge on any atom is -0.493 e. The molecule has 0 amide bonds. The van der Waals surface area contributed by atoms with Crippen molar-refractivity contribution in [3.05, 3.63) is 54.1 Å². The van der Waals surface area contributed by atoms with Crippen LogP contribution in [0, 0.1) is 11.3 Å². The Bertz CT molecular complexity index is 596. The van der Waals surface area contributed by atoms with Gasteiger partial charge in [0.2, 0.25) is 0 Å². The van der Waals surface area contributed by atoms with Crippen LogP contribution in [-0.4, -0.2) is 6.61 Å². The summed E-state index contributed by atoms with van der Waals surface area (Å²) in [4.78, 5) is 0. The lowest BCUT2D eigenvalue weighted by Gasteiger charge is -2.11. The first-order valence-corrected chi connectivity index (χ1v) is 7.57. The molecule has 0 unspecified atom stereocenters. The van der Waals surface area contributed by atoms with E-state index in [4.69, 9.17) is 10.00 Å². The molecule has 0 saturated heterocycles. The maximum atomic E-state index is 8.87. The standard InChI is InChI=1S/C19H21NO/c1-2-3-4-7-14-21-19-9-6-5-8-18(19)17-12-10-16(15-20)11-13-17/h5-6,8-13H,2-4,7,14H2,1H3. The largest absolute Gasteiger partial charge is 0.493 e. The van der Waals surface area contributed by atoms with E-state index >= 15 is 0 Å². The van der Waals surface area contributed by atoms with Crippen LogP contribution in [0.25, 0.3) is 11.1 Å². The van der Waals surface area contributed by atoms with Crippen LogP contribution in [0.15, 0.2) is 48.5 Å². The van der Waals surface area contributed by atoms with Crippen LogP contribution in [0.4, 0.5) is 0 Å². The fourth-order valence-electron chi connectivity index (χ4n) is 2.27. The molecule has 108 valence electrons. The van der Waals surface area contributed by atoms with Gasteiger partial charge in [-0.05, 0) is 30.2 Å². The van der Waals surface area contributed by atoms with Gasteiger partial charge in [-0.3, -0.25) is 0 Å². The summed E-state index contributed by atoms with van der Waals surface area (Å²) < 4.78 is 5.93. The average Bonchev–Trinajstić information content (AvgIpc) is 2.55. The zero-order chi connectivity index (χ0) is 14.9. The Morgan fingerprint density at radius 3 is 2.43 bits per heavy atom. The summed E-state index contributed by atoms with van der Waals surface area (Å²) >= 11 is 0. The molecule has 0 aliphatic rings. The van der Waals surface area contributed by atoms with Gasteiger partial charge >= 0.3 is 0 Å². The summed E-state index contributed by atoms with van der Waals surface area (Å²) in [5.74, 6) is 0.915. The Balaban J connectivity index is 2.07. The smallest absolute Gasteiger partial charge is 0.127 e. The lowest BCUT2D eigenvalue weighted by atomic mass is 10.0. The molecule has 0 radical (unpaired) electrons. The maximum absolute atomic E-state index is 8.87. The van der Waals surface area contributed by atoms with Crippen LogP contribution in [0.1, 0.15) is 38.2 Å². The second kappa shape index (κ2) is 8.11. The van der Waals surface area contributed by atoms with Crippen molar-refractivity contribution in [2.75, 3.05) is 6.61 Å². The predicted octanol–water partition coefficient (Wildman–Crippen LogP) is 5.18. The third kappa shape index (κ3) is 4.36. The van der Waals surface area contributed by atoms with Gasteiger partial charge in [0, 0.05) is 5.56 Å². The third-order valence-electron chi connectivity index (χ3n) is 3.47. The highest BCUT2D eigenvalue weighted by Crippen LogP contribution is 2.30. The molecule has 0 saturated carbocycles. The Hall–Kier alpha value is -2.27. The molecule has 2 aromatic rings. The SMILES string of the molecule is CCCCCCOc1ccccc1-c1ccc(C#N)cc1. The van der Waals surface area contributed by atoms with Crippen molar-refractivity contribution in [1.82, 2.24) is 0 Å². The molecular formula is C19H21NO. The molecule has 0 atom stereocenters. The van der Waals surface area contributed by atoms with E-state index in [1.165, 1.54) is 19.3 Å². The van der Waals surface area contributed by atoms with Crippen molar-refractivity contribution in [3.63, 3.8) is 0 Å². The Morgan fingerprint density at radius 2 is 1.71 bits per heavy atom. The van der Waals surface area contributed by atoms with Crippen molar-refractivity contribution in [2.45, 2.75) is 32.6 Å². The number of nitriles is 1.